The second kappa shape index (κ2) is 31.6. The van der Waals surface area contributed by atoms with Gasteiger partial charge >= 0.3 is 77.6 Å². The number of aliphatic hydroxyl groups is 1. The highest BCUT2D eigenvalue weighted by atomic mass is 16.8. The molecule has 4 fully saturated rings. The van der Waals surface area contributed by atoms with E-state index in [0.29, 0.717) is 0 Å². The number of rotatable bonds is 23. The first-order valence-corrected chi connectivity index (χ1v) is 25.6. The van der Waals surface area contributed by atoms with Crippen molar-refractivity contribution in [2.24, 2.45) is 0 Å². The molecule has 1 N–H and O–H groups in total. The Morgan fingerprint density at radius 2 is 0.488 bits per heavy atom. The minimum absolute atomic E-state index is 0.697. The standard InChI is InChI=1S/C50H68O34/c1-18(51)65-14-31-37(39(71-23(6)56)43(47(64)79-31)75-27(10)60)83-50-46(78-30(13)63)42(74-26(9)59)38(33(81-50)16-67-20(3)53)84-49-45(77-29(12)62)41(73-25(8)58)36(70-22(5)55)34(82-49)17-68-48-44(76-28(11)61)40(72-24(7)57)35(69-21(4)54)32(80-48)15-66-19(2)52/h31-50,64H,14-17H2,1-13H3/t31-,32-,33-,34-,35-,36-,37-,38-,39+,40+,41+,42+,43-,44-,45-,46-,47-,48+,49-,50-/m1/s1. The zero-order valence-corrected chi connectivity index (χ0v) is 47.8. The summed E-state index contributed by atoms with van der Waals surface area (Å²) < 4.78 is 114. The van der Waals surface area contributed by atoms with Crippen molar-refractivity contribution >= 4 is 77.6 Å². The van der Waals surface area contributed by atoms with Gasteiger partial charge in [-0.1, -0.05) is 0 Å². The largest absolute Gasteiger partial charge is 0.463 e. The summed E-state index contributed by atoms with van der Waals surface area (Å²) in [6.07, 6.45) is -38.3. The van der Waals surface area contributed by atoms with Crippen LogP contribution in [-0.4, -0.2) is 232 Å². The molecule has 4 aliphatic rings. The van der Waals surface area contributed by atoms with Crippen molar-refractivity contribution in [3.8, 4) is 0 Å². The number of esters is 13. The van der Waals surface area contributed by atoms with Crippen molar-refractivity contribution in [1.29, 1.82) is 0 Å². The fourth-order valence-electron chi connectivity index (χ4n) is 9.09. The van der Waals surface area contributed by atoms with Gasteiger partial charge in [-0.15, -0.1) is 0 Å². The first kappa shape index (κ1) is 69.3. The Labute approximate surface area is 478 Å². The van der Waals surface area contributed by atoms with Crippen LogP contribution in [0.1, 0.15) is 90.0 Å². The number of hydrogen-bond donors (Lipinski definition) is 1. The van der Waals surface area contributed by atoms with E-state index >= 15 is 0 Å². The molecule has 20 atom stereocenters. The molecule has 0 aromatic rings. The van der Waals surface area contributed by atoms with Gasteiger partial charge in [-0.25, -0.2) is 0 Å². The van der Waals surface area contributed by atoms with E-state index in [-0.39, 0.29) is 0 Å². The van der Waals surface area contributed by atoms with Gasteiger partial charge in [-0.05, 0) is 0 Å². The van der Waals surface area contributed by atoms with Gasteiger partial charge in [-0.3, -0.25) is 62.3 Å². The average Bonchev–Trinajstić information content (AvgIpc) is 1.54. The fourth-order valence-corrected chi connectivity index (χ4v) is 9.09. The van der Waals surface area contributed by atoms with Crippen molar-refractivity contribution in [2.75, 3.05) is 26.4 Å². The lowest BCUT2D eigenvalue weighted by molar-refractivity contribution is -0.380. The first-order chi connectivity index (χ1) is 39.3. The quantitative estimate of drug-likeness (QED) is 0.0828. The zero-order chi connectivity index (χ0) is 63.0. The van der Waals surface area contributed by atoms with E-state index in [1.165, 1.54) is 0 Å². The molecule has 4 heterocycles. The molecule has 0 aromatic heterocycles. The zero-order valence-electron chi connectivity index (χ0n) is 47.8. The number of carbonyl (C=O) groups is 13. The number of ether oxygens (including phenoxy) is 20. The van der Waals surface area contributed by atoms with E-state index in [2.05, 4.69) is 0 Å². The second-order valence-electron chi connectivity index (χ2n) is 18.9. The predicted octanol–water partition coefficient (Wildman–Crippen LogP) is -2.33. The van der Waals surface area contributed by atoms with Gasteiger partial charge in [0.15, 0.2) is 86.2 Å². The Morgan fingerprint density at radius 3 is 0.810 bits per heavy atom. The van der Waals surface area contributed by atoms with Gasteiger partial charge in [-0.2, -0.15) is 0 Å². The van der Waals surface area contributed by atoms with Crippen LogP contribution in [0.15, 0.2) is 0 Å². The third-order valence-electron chi connectivity index (χ3n) is 11.8. The molecule has 472 valence electrons. The summed E-state index contributed by atoms with van der Waals surface area (Å²) in [5.41, 5.74) is 0. The summed E-state index contributed by atoms with van der Waals surface area (Å²) in [4.78, 5) is 165. The summed E-state index contributed by atoms with van der Waals surface area (Å²) >= 11 is 0. The van der Waals surface area contributed by atoms with Crippen molar-refractivity contribution in [3.05, 3.63) is 0 Å². The normalized spacial score (nSPS) is 32.7. The van der Waals surface area contributed by atoms with Gasteiger partial charge in [0, 0.05) is 90.0 Å². The molecule has 34 heteroatoms. The molecule has 0 bridgehead atoms. The van der Waals surface area contributed by atoms with Crippen LogP contribution in [0.25, 0.3) is 0 Å². The molecule has 4 rings (SSSR count). The van der Waals surface area contributed by atoms with E-state index in [0.717, 1.165) is 90.0 Å². The van der Waals surface area contributed by atoms with Gasteiger partial charge < -0.3 is 99.8 Å². The summed E-state index contributed by atoms with van der Waals surface area (Å²) in [7, 11) is 0. The van der Waals surface area contributed by atoms with Crippen LogP contribution in [0.5, 0.6) is 0 Å². The number of aliphatic hydroxyl groups excluding tert-OH is 1. The predicted molar refractivity (Wildman–Crippen MR) is 258 cm³/mol. The molecule has 4 aliphatic heterocycles. The maximum atomic E-state index is 13.2. The Kier molecular flexibility index (Phi) is 26.1. The topological polar surface area (TPSA) is 427 Å². The third kappa shape index (κ3) is 20.5. The molecular weight excluding hydrogens is 1140 g/mol. The molecular formula is C50H68O34. The molecule has 0 aliphatic carbocycles. The van der Waals surface area contributed by atoms with Crippen LogP contribution in [-0.2, 0) is 157 Å². The summed E-state index contributed by atoms with van der Waals surface area (Å²) in [5.74, 6) is -13.4. The fraction of sp³-hybridized carbons (Fsp3) is 0.740. The van der Waals surface area contributed by atoms with E-state index in [1.54, 1.807) is 0 Å². The maximum Gasteiger partial charge on any atom is 0.303 e. The van der Waals surface area contributed by atoms with E-state index < -0.39 is 227 Å². The van der Waals surface area contributed by atoms with Crippen molar-refractivity contribution < 1.29 is 162 Å². The van der Waals surface area contributed by atoms with Gasteiger partial charge in [0.25, 0.3) is 0 Å². The summed E-state index contributed by atoms with van der Waals surface area (Å²) in [6.45, 7) is 8.94. The molecule has 4 saturated heterocycles. The third-order valence-corrected chi connectivity index (χ3v) is 11.8. The maximum absolute atomic E-state index is 13.2. The number of carbonyl (C=O) groups excluding carboxylic acids is 13. The molecule has 0 amide bonds. The minimum atomic E-state index is -2.21. The average molecular weight is 1210 g/mol. The first-order valence-electron chi connectivity index (χ1n) is 25.6. The molecule has 84 heavy (non-hydrogen) atoms. The van der Waals surface area contributed by atoms with Crippen LogP contribution in [0.3, 0.4) is 0 Å². The van der Waals surface area contributed by atoms with Crippen molar-refractivity contribution in [3.63, 3.8) is 0 Å². The second-order valence-corrected chi connectivity index (χ2v) is 18.9. The highest BCUT2D eigenvalue weighted by Crippen LogP contribution is 2.39. The van der Waals surface area contributed by atoms with Crippen molar-refractivity contribution in [1.82, 2.24) is 0 Å². The summed E-state index contributed by atoms with van der Waals surface area (Å²) in [5, 5.41) is 11.0. The smallest absolute Gasteiger partial charge is 0.303 e. The van der Waals surface area contributed by atoms with E-state index in [4.69, 9.17) is 94.7 Å². The Balaban J connectivity index is 1.95. The Bertz CT molecular complexity index is 2410. The van der Waals surface area contributed by atoms with E-state index in [1.807, 2.05) is 0 Å². The van der Waals surface area contributed by atoms with Crippen LogP contribution in [0, 0.1) is 0 Å². The Morgan fingerprint density at radius 1 is 0.262 bits per heavy atom. The summed E-state index contributed by atoms with van der Waals surface area (Å²) in [6, 6.07) is 0. The molecule has 0 saturated carbocycles. The highest BCUT2D eigenvalue weighted by Gasteiger charge is 2.61. The van der Waals surface area contributed by atoms with E-state index in [9.17, 15) is 67.4 Å². The van der Waals surface area contributed by atoms with Crippen LogP contribution in [0.2, 0.25) is 0 Å². The number of hydrogen-bond acceptors (Lipinski definition) is 34. The van der Waals surface area contributed by atoms with Crippen LogP contribution in [0.4, 0.5) is 0 Å². The van der Waals surface area contributed by atoms with Crippen LogP contribution < -0.4 is 0 Å². The highest BCUT2D eigenvalue weighted by molar-refractivity contribution is 5.71. The van der Waals surface area contributed by atoms with Gasteiger partial charge in [0.2, 0.25) is 0 Å². The SMILES string of the molecule is CC(=O)OC[C@H]1O[C@@H](O)[C@H](OC(C)=O)[C@@H](OC(C)=O)[C@@H]1O[C@H]1O[C@H](COC(C)=O)[C@@H](O[C@H]2O[C@H](CO[C@H]3O[C@H](COC(C)=O)[C@@H](OC(C)=O)[C@H](OC(C)=O)[C@H]3OC(C)=O)[C@@H](OC(C)=O)[C@H](OC(C)=O)[C@H]2OC(C)=O)[C@H](OC(C)=O)[C@H]1OC(C)=O. The van der Waals surface area contributed by atoms with Gasteiger partial charge in [0.1, 0.15) is 56.4 Å². The molecule has 0 radical (unpaired) electrons. The molecule has 0 spiro atoms. The lowest BCUT2D eigenvalue weighted by Gasteiger charge is -2.50. The van der Waals surface area contributed by atoms with Crippen molar-refractivity contribution in [2.45, 2.75) is 213 Å². The Hall–Kier alpha value is -7.21. The monoisotopic (exact) mass is 1210 g/mol. The minimum Gasteiger partial charge on any atom is -0.463 e. The molecule has 0 aromatic carbocycles. The van der Waals surface area contributed by atoms with Gasteiger partial charge in [0.05, 0.1) is 6.61 Å². The van der Waals surface area contributed by atoms with Crippen LogP contribution >= 0.6 is 0 Å². The lowest BCUT2D eigenvalue weighted by atomic mass is 9.95. The molecule has 34 nitrogen and oxygen atoms in total. The molecule has 0 unspecified atom stereocenters. The lowest BCUT2D eigenvalue weighted by Crippen LogP contribution is -2.69.